The van der Waals surface area contributed by atoms with E-state index >= 15 is 0 Å². The molecule has 4 aliphatic carbocycles. The van der Waals surface area contributed by atoms with Crippen molar-refractivity contribution in [3.63, 3.8) is 0 Å². The highest BCUT2D eigenvalue weighted by Gasteiger charge is 2.58. The molecular weight excluding hydrogens is 218 g/mol. The first-order valence-electron chi connectivity index (χ1n) is 8.08. The minimum atomic E-state index is 0.362. The van der Waals surface area contributed by atoms with Crippen LogP contribution in [0.1, 0.15) is 59.8 Å². The number of hydrogen-bond acceptors (Lipinski definition) is 1. The van der Waals surface area contributed by atoms with Crippen LogP contribution in [0.25, 0.3) is 0 Å². The largest absolute Gasteiger partial charge is 0.330 e. The van der Waals surface area contributed by atoms with Crippen LogP contribution in [0, 0.1) is 40.4 Å². The van der Waals surface area contributed by atoms with Crippen LogP contribution in [0.3, 0.4) is 0 Å². The van der Waals surface area contributed by atoms with Gasteiger partial charge in [-0.1, -0.05) is 27.7 Å². The molecule has 1 heteroatoms. The molecule has 0 spiro atoms. The van der Waals surface area contributed by atoms with Gasteiger partial charge in [0.2, 0.25) is 0 Å². The van der Waals surface area contributed by atoms with Crippen molar-refractivity contribution in [1.29, 1.82) is 0 Å². The van der Waals surface area contributed by atoms with Gasteiger partial charge < -0.3 is 5.73 Å². The maximum absolute atomic E-state index is 6.08. The van der Waals surface area contributed by atoms with E-state index in [1.165, 1.54) is 32.1 Å². The molecule has 4 aliphatic rings. The molecule has 2 unspecified atom stereocenters. The van der Waals surface area contributed by atoms with E-state index in [-0.39, 0.29) is 0 Å². The molecule has 4 saturated carbocycles. The Bertz CT molecular complexity index is 315. The summed E-state index contributed by atoms with van der Waals surface area (Å²) in [6, 6.07) is 0. The van der Waals surface area contributed by atoms with Gasteiger partial charge in [0.25, 0.3) is 0 Å². The van der Waals surface area contributed by atoms with Crippen LogP contribution in [0.2, 0.25) is 0 Å². The van der Waals surface area contributed by atoms with Gasteiger partial charge in [-0.25, -0.2) is 0 Å². The zero-order valence-corrected chi connectivity index (χ0v) is 12.7. The summed E-state index contributed by atoms with van der Waals surface area (Å²) in [4.78, 5) is 0. The standard InChI is InChI=1S/C17H31N/c1-11(2)17-7-12-5-13(8-17)15(14(6-12)9-17)16(3,4)10-18/h11-15H,5-10,18H2,1-4H3. The number of rotatable bonds is 3. The fourth-order valence-electron chi connectivity index (χ4n) is 6.21. The zero-order chi connectivity index (χ0) is 13.1. The Morgan fingerprint density at radius 2 is 1.67 bits per heavy atom. The third kappa shape index (κ3) is 1.69. The van der Waals surface area contributed by atoms with Crippen molar-refractivity contribution in [3.8, 4) is 0 Å². The maximum Gasteiger partial charge on any atom is -0.00230 e. The highest BCUT2D eigenvalue weighted by atomic mass is 14.7. The zero-order valence-electron chi connectivity index (χ0n) is 12.7. The monoisotopic (exact) mass is 249 g/mol. The van der Waals surface area contributed by atoms with Crippen LogP contribution in [0.4, 0.5) is 0 Å². The van der Waals surface area contributed by atoms with Gasteiger partial charge >= 0.3 is 0 Å². The highest BCUT2D eigenvalue weighted by Crippen LogP contribution is 2.67. The Morgan fingerprint density at radius 1 is 1.11 bits per heavy atom. The number of hydrogen-bond donors (Lipinski definition) is 1. The van der Waals surface area contributed by atoms with E-state index in [1.807, 2.05) is 0 Å². The quantitative estimate of drug-likeness (QED) is 0.801. The van der Waals surface area contributed by atoms with E-state index in [1.54, 1.807) is 0 Å². The van der Waals surface area contributed by atoms with E-state index in [0.717, 1.165) is 36.1 Å². The topological polar surface area (TPSA) is 26.0 Å². The summed E-state index contributed by atoms with van der Waals surface area (Å²) >= 11 is 0. The second-order valence-electron chi connectivity index (χ2n) is 8.71. The molecule has 0 heterocycles. The lowest BCUT2D eigenvalue weighted by atomic mass is 9.41. The average molecular weight is 249 g/mol. The summed E-state index contributed by atoms with van der Waals surface area (Å²) in [5.74, 6) is 4.81. The molecule has 0 radical (unpaired) electrons. The normalized spacial score (nSPS) is 47.0. The van der Waals surface area contributed by atoms with Gasteiger partial charge in [0.15, 0.2) is 0 Å². The molecule has 0 aliphatic heterocycles. The minimum Gasteiger partial charge on any atom is -0.330 e. The van der Waals surface area contributed by atoms with Crippen molar-refractivity contribution in [3.05, 3.63) is 0 Å². The molecule has 0 aromatic carbocycles. The molecule has 0 amide bonds. The SMILES string of the molecule is CC(C)C12CC3CC(C1)C(C(C)(C)CN)C(C3)C2. The van der Waals surface area contributed by atoms with Crippen LogP contribution in [0.15, 0.2) is 0 Å². The maximum atomic E-state index is 6.08. The van der Waals surface area contributed by atoms with Crippen LogP contribution >= 0.6 is 0 Å². The molecule has 1 nitrogen and oxygen atoms in total. The molecule has 0 aromatic heterocycles. The molecule has 4 bridgehead atoms. The van der Waals surface area contributed by atoms with Crippen molar-refractivity contribution in [1.82, 2.24) is 0 Å². The van der Waals surface area contributed by atoms with Gasteiger partial charge in [-0.3, -0.25) is 0 Å². The third-order valence-electron chi connectivity index (χ3n) is 6.97. The summed E-state index contributed by atoms with van der Waals surface area (Å²) in [6.07, 6.45) is 7.57. The predicted molar refractivity (Wildman–Crippen MR) is 77.2 cm³/mol. The van der Waals surface area contributed by atoms with Gasteiger partial charge in [-0.05, 0) is 79.1 Å². The lowest BCUT2D eigenvalue weighted by molar-refractivity contribution is -0.146. The van der Waals surface area contributed by atoms with E-state index in [0.29, 0.717) is 10.8 Å². The summed E-state index contributed by atoms with van der Waals surface area (Å²) < 4.78 is 0. The lowest BCUT2D eigenvalue weighted by Crippen LogP contribution is -2.57. The fourth-order valence-corrected chi connectivity index (χ4v) is 6.21. The second-order valence-corrected chi connectivity index (χ2v) is 8.71. The molecule has 0 saturated heterocycles. The van der Waals surface area contributed by atoms with E-state index in [9.17, 15) is 0 Å². The molecule has 18 heavy (non-hydrogen) atoms. The average Bonchev–Trinajstić information content (AvgIpc) is 2.27. The Labute approximate surface area is 113 Å². The first-order valence-corrected chi connectivity index (χ1v) is 8.08. The van der Waals surface area contributed by atoms with Crippen LogP contribution in [0.5, 0.6) is 0 Å². The van der Waals surface area contributed by atoms with Gasteiger partial charge in [0.05, 0.1) is 0 Å². The molecule has 2 N–H and O–H groups in total. The van der Waals surface area contributed by atoms with Crippen molar-refractivity contribution in [2.75, 3.05) is 6.54 Å². The highest BCUT2D eigenvalue weighted by molar-refractivity contribution is 5.08. The Balaban J connectivity index is 1.89. The Hall–Kier alpha value is -0.0400. The first kappa shape index (κ1) is 13.0. The van der Waals surface area contributed by atoms with Crippen molar-refractivity contribution in [2.45, 2.75) is 59.8 Å². The first-order chi connectivity index (χ1) is 8.38. The molecule has 2 atom stereocenters. The van der Waals surface area contributed by atoms with Gasteiger partial charge in [-0.15, -0.1) is 0 Å². The van der Waals surface area contributed by atoms with E-state index in [4.69, 9.17) is 5.73 Å². The van der Waals surface area contributed by atoms with Gasteiger partial charge in [0.1, 0.15) is 0 Å². The third-order valence-corrected chi connectivity index (χ3v) is 6.97. The molecular formula is C17H31N. The predicted octanol–water partition coefficient (Wildman–Crippen LogP) is 4.07. The Kier molecular flexibility index (Phi) is 2.86. The van der Waals surface area contributed by atoms with E-state index < -0.39 is 0 Å². The van der Waals surface area contributed by atoms with Crippen molar-refractivity contribution < 1.29 is 0 Å². The van der Waals surface area contributed by atoms with Crippen LogP contribution < -0.4 is 5.73 Å². The van der Waals surface area contributed by atoms with Crippen molar-refractivity contribution >= 4 is 0 Å². The second kappa shape index (κ2) is 3.98. The fraction of sp³-hybridized carbons (Fsp3) is 1.00. The summed E-state index contributed by atoms with van der Waals surface area (Å²) in [5.41, 5.74) is 7.15. The van der Waals surface area contributed by atoms with E-state index in [2.05, 4.69) is 27.7 Å². The molecule has 4 fully saturated rings. The number of nitrogens with two attached hydrogens (primary N) is 1. The van der Waals surface area contributed by atoms with Crippen LogP contribution in [-0.2, 0) is 0 Å². The van der Waals surface area contributed by atoms with Gasteiger partial charge in [-0.2, -0.15) is 0 Å². The minimum absolute atomic E-state index is 0.362. The summed E-state index contributed by atoms with van der Waals surface area (Å²) in [6.45, 7) is 10.6. The summed E-state index contributed by atoms with van der Waals surface area (Å²) in [5, 5.41) is 0. The van der Waals surface area contributed by atoms with Gasteiger partial charge in [0, 0.05) is 0 Å². The Morgan fingerprint density at radius 3 is 2.11 bits per heavy atom. The molecule has 4 rings (SSSR count). The molecule has 0 aromatic rings. The summed E-state index contributed by atoms with van der Waals surface area (Å²) in [7, 11) is 0. The van der Waals surface area contributed by atoms with Crippen LogP contribution in [-0.4, -0.2) is 6.54 Å². The smallest absolute Gasteiger partial charge is 0.00230 e. The van der Waals surface area contributed by atoms with Crippen molar-refractivity contribution in [2.24, 2.45) is 46.2 Å². The lowest BCUT2D eigenvalue weighted by Gasteiger charge is -2.64. The molecule has 104 valence electrons.